The second-order valence-corrected chi connectivity index (χ2v) is 6.43. The average Bonchev–Trinajstić information content (AvgIpc) is 3.11. The lowest BCUT2D eigenvalue weighted by Gasteiger charge is -2.16. The molecule has 3 rings (SSSR count). The highest BCUT2D eigenvalue weighted by atomic mass is 35.5. The predicted molar refractivity (Wildman–Crippen MR) is 98.6 cm³/mol. The molecule has 0 fully saturated rings. The molecule has 0 spiro atoms. The van der Waals surface area contributed by atoms with E-state index in [1.807, 2.05) is 36.5 Å². The minimum absolute atomic E-state index is 0.0575. The quantitative estimate of drug-likeness (QED) is 0.669. The summed E-state index contributed by atoms with van der Waals surface area (Å²) in [6, 6.07) is 9.66. The maximum absolute atomic E-state index is 12.4. The third-order valence-corrected chi connectivity index (χ3v) is 4.48. The van der Waals surface area contributed by atoms with Crippen LogP contribution in [0.3, 0.4) is 0 Å². The average molecular weight is 392 g/mol. The van der Waals surface area contributed by atoms with Crippen molar-refractivity contribution in [2.24, 2.45) is 0 Å². The first kappa shape index (κ1) is 18.2. The van der Waals surface area contributed by atoms with Gasteiger partial charge in [0, 0.05) is 25.4 Å². The molecule has 2 heterocycles. The Bertz CT molecular complexity index is 984. The first-order valence-electron chi connectivity index (χ1n) is 7.70. The molecule has 0 aliphatic rings. The van der Waals surface area contributed by atoms with Crippen LogP contribution < -0.4 is 5.56 Å². The number of para-hydroxylation sites is 1. The number of rotatable bonds is 5. The number of hydrogen-bond donors (Lipinski definition) is 0. The van der Waals surface area contributed by atoms with E-state index in [4.69, 9.17) is 23.2 Å². The summed E-state index contributed by atoms with van der Waals surface area (Å²) in [6.07, 6.45) is 4.78. The molecule has 134 valence electrons. The van der Waals surface area contributed by atoms with Crippen LogP contribution in [-0.4, -0.2) is 37.4 Å². The molecule has 0 radical (unpaired) electrons. The summed E-state index contributed by atoms with van der Waals surface area (Å²) in [5.41, 5.74) is 1.19. The standard InChI is InChI=1S/C17H15Cl2N5O2/c1-22(15(25)11-24-17(26)16(19)14(18)8-21-24)9-12-7-20-23(10-12)13-5-3-2-4-6-13/h2-8,10H,9,11H2,1H3. The van der Waals surface area contributed by atoms with Crippen LogP contribution in [0, 0.1) is 0 Å². The highest BCUT2D eigenvalue weighted by molar-refractivity contribution is 6.41. The molecule has 0 saturated carbocycles. The van der Waals surface area contributed by atoms with Gasteiger partial charge in [0.15, 0.2) is 0 Å². The molecule has 0 N–H and O–H groups in total. The van der Waals surface area contributed by atoms with E-state index in [0.717, 1.165) is 15.9 Å². The largest absolute Gasteiger partial charge is 0.340 e. The molecule has 1 aromatic carbocycles. The van der Waals surface area contributed by atoms with Gasteiger partial charge in [0.2, 0.25) is 5.91 Å². The molecule has 3 aromatic rings. The summed E-state index contributed by atoms with van der Waals surface area (Å²) >= 11 is 11.5. The summed E-state index contributed by atoms with van der Waals surface area (Å²) in [5.74, 6) is -0.287. The number of nitrogens with zero attached hydrogens (tertiary/aromatic N) is 5. The van der Waals surface area contributed by atoms with Gasteiger partial charge in [-0.05, 0) is 12.1 Å². The Kier molecular flexibility index (Phi) is 5.39. The van der Waals surface area contributed by atoms with E-state index in [1.54, 1.807) is 17.9 Å². The normalized spacial score (nSPS) is 10.7. The summed E-state index contributed by atoms with van der Waals surface area (Å²) in [4.78, 5) is 25.8. The molecule has 0 saturated heterocycles. The van der Waals surface area contributed by atoms with Gasteiger partial charge in [0.05, 0.1) is 23.1 Å². The second-order valence-electron chi connectivity index (χ2n) is 5.65. The lowest BCUT2D eigenvalue weighted by molar-refractivity contribution is -0.131. The van der Waals surface area contributed by atoms with Crippen LogP contribution in [0.25, 0.3) is 5.69 Å². The van der Waals surface area contributed by atoms with Crippen LogP contribution in [0.4, 0.5) is 0 Å². The van der Waals surface area contributed by atoms with Gasteiger partial charge >= 0.3 is 0 Å². The van der Waals surface area contributed by atoms with Crippen molar-refractivity contribution in [3.63, 3.8) is 0 Å². The molecule has 26 heavy (non-hydrogen) atoms. The number of aromatic nitrogens is 4. The fourth-order valence-electron chi connectivity index (χ4n) is 2.33. The Hall–Kier alpha value is -2.64. The number of carbonyl (C=O) groups is 1. The number of hydrogen-bond acceptors (Lipinski definition) is 4. The molecule has 0 bridgehead atoms. The van der Waals surface area contributed by atoms with Gasteiger partial charge in [-0.3, -0.25) is 9.59 Å². The number of halogens is 2. The van der Waals surface area contributed by atoms with Crippen LogP contribution >= 0.6 is 23.2 Å². The first-order chi connectivity index (χ1) is 12.5. The van der Waals surface area contributed by atoms with Crippen molar-refractivity contribution in [3.8, 4) is 5.69 Å². The van der Waals surface area contributed by atoms with Crippen LogP contribution in [-0.2, 0) is 17.9 Å². The highest BCUT2D eigenvalue weighted by Gasteiger charge is 2.15. The number of benzene rings is 1. The van der Waals surface area contributed by atoms with Gasteiger partial charge in [-0.25, -0.2) is 9.36 Å². The minimum atomic E-state index is -0.599. The molecule has 9 heteroatoms. The summed E-state index contributed by atoms with van der Waals surface area (Å²) < 4.78 is 2.72. The van der Waals surface area contributed by atoms with Crippen molar-refractivity contribution >= 4 is 29.1 Å². The second kappa shape index (κ2) is 7.72. The molecular weight excluding hydrogens is 377 g/mol. The predicted octanol–water partition coefficient (Wildman–Crippen LogP) is 2.39. The van der Waals surface area contributed by atoms with Gasteiger partial charge in [-0.2, -0.15) is 10.2 Å². The molecule has 0 aliphatic carbocycles. The van der Waals surface area contributed by atoms with Gasteiger partial charge in [0.25, 0.3) is 5.56 Å². The molecule has 0 unspecified atom stereocenters. The third-order valence-electron chi connectivity index (χ3n) is 3.73. The van der Waals surface area contributed by atoms with Crippen LogP contribution in [0.2, 0.25) is 10.0 Å². The molecule has 0 aliphatic heterocycles. The Labute approximate surface area is 159 Å². The zero-order chi connectivity index (χ0) is 18.7. The van der Waals surface area contributed by atoms with Crippen molar-refractivity contribution in [1.82, 2.24) is 24.5 Å². The smallest absolute Gasteiger partial charge is 0.287 e. The summed E-state index contributed by atoms with van der Waals surface area (Å²) in [7, 11) is 1.64. The number of likely N-dealkylation sites (N-methyl/N-ethyl adjacent to an activating group) is 1. The molecule has 1 amide bonds. The van der Waals surface area contributed by atoms with Gasteiger partial charge in [-0.15, -0.1) is 0 Å². The molecule has 0 atom stereocenters. The van der Waals surface area contributed by atoms with Crippen LogP contribution in [0.15, 0.2) is 53.7 Å². The topological polar surface area (TPSA) is 73.0 Å². The van der Waals surface area contributed by atoms with Crippen molar-refractivity contribution in [3.05, 3.63) is 74.9 Å². The van der Waals surface area contributed by atoms with Crippen molar-refractivity contribution in [2.45, 2.75) is 13.1 Å². The SMILES string of the molecule is CN(Cc1cnn(-c2ccccc2)c1)C(=O)Cn1ncc(Cl)c(Cl)c1=O. The lowest BCUT2D eigenvalue weighted by Crippen LogP contribution is -2.34. The fraction of sp³-hybridized carbons (Fsp3) is 0.176. The maximum atomic E-state index is 12.4. The van der Waals surface area contributed by atoms with Crippen molar-refractivity contribution in [1.29, 1.82) is 0 Å². The van der Waals surface area contributed by atoms with E-state index in [0.29, 0.717) is 6.54 Å². The zero-order valence-electron chi connectivity index (χ0n) is 13.8. The first-order valence-corrected chi connectivity index (χ1v) is 8.45. The lowest BCUT2D eigenvalue weighted by atomic mass is 10.3. The Morgan fingerprint density at radius 2 is 1.88 bits per heavy atom. The number of amides is 1. The van der Waals surface area contributed by atoms with E-state index in [1.165, 1.54) is 11.1 Å². The maximum Gasteiger partial charge on any atom is 0.287 e. The van der Waals surface area contributed by atoms with E-state index < -0.39 is 5.56 Å². The van der Waals surface area contributed by atoms with Crippen LogP contribution in [0.1, 0.15) is 5.56 Å². The minimum Gasteiger partial charge on any atom is -0.340 e. The van der Waals surface area contributed by atoms with Gasteiger partial charge in [-0.1, -0.05) is 41.4 Å². The summed E-state index contributed by atoms with van der Waals surface area (Å²) in [5, 5.41) is 8.04. The Morgan fingerprint density at radius 3 is 2.62 bits per heavy atom. The Balaban J connectivity index is 1.68. The third kappa shape index (κ3) is 3.95. The molecule has 7 nitrogen and oxygen atoms in total. The van der Waals surface area contributed by atoms with E-state index in [9.17, 15) is 9.59 Å². The highest BCUT2D eigenvalue weighted by Crippen LogP contribution is 2.14. The van der Waals surface area contributed by atoms with Crippen molar-refractivity contribution < 1.29 is 4.79 Å². The number of carbonyl (C=O) groups excluding carboxylic acids is 1. The fourth-order valence-corrected chi connectivity index (χ4v) is 2.60. The van der Waals surface area contributed by atoms with Gasteiger partial charge < -0.3 is 4.90 Å². The van der Waals surface area contributed by atoms with E-state index in [-0.39, 0.29) is 22.5 Å². The van der Waals surface area contributed by atoms with Crippen LogP contribution in [0.5, 0.6) is 0 Å². The van der Waals surface area contributed by atoms with Crippen molar-refractivity contribution in [2.75, 3.05) is 7.05 Å². The summed E-state index contributed by atoms with van der Waals surface area (Å²) in [6.45, 7) is 0.126. The zero-order valence-corrected chi connectivity index (χ0v) is 15.4. The van der Waals surface area contributed by atoms with Gasteiger partial charge in [0.1, 0.15) is 11.6 Å². The molecule has 2 aromatic heterocycles. The molecular formula is C17H15Cl2N5O2. The van der Waals surface area contributed by atoms with E-state index in [2.05, 4.69) is 10.2 Å². The van der Waals surface area contributed by atoms with E-state index >= 15 is 0 Å². The Morgan fingerprint density at radius 1 is 1.15 bits per heavy atom. The monoisotopic (exact) mass is 391 g/mol.